The molecule has 0 aromatic heterocycles. The summed E-state index contributed by atoms with van der Waals surface area (Å²) in [6.45, 7) is 6.63. The lowest BCUT2D eigenvalue weighted by Crippen LogP contribution is -2.46. The molecule has 0 saturated carbocycles. The number of nitrogens with one attached hydrogen (secondary N) is 1. The zero-order valence-electron chi connectivity index (χ0n) is 12.1. The number of nitrogen functional groups attached to an aromatic ring is 1. The molecule has 1 heterocycles. The Morgan fingerprint density at radius 3 is 2.65 bits per heavy atom. The first-order valence-electron chi connectivity index (χ1n) is 7.06. The van der Waals surface area contributed by atoms with Gasteiger partial charge in [-0.2, -0.15) is 0 Å². The molecule has 110 valence electrons. The van der Waals surface area contributed by atoms with Crippen molar-refractivity contribution in [2.75, 3.05) is 30.7 Å². The largest absolute Gasteiger partial charge is 0.397 e. The van der Waals surface area contributed by atoms with Gasteiger partial charge in [0.25, 0.3) is 0 Å². The van der Waals surface area contributed by atoms with Gasteiger partial charge < -0.3 is 15.8 Å². The van der Waals surface area contributed by atoms with E-state index in [0.717, 1.165) is 19.6 Å². The fourth-order valence-corrected chi connectivity index (χ4v) is 2.55. The lowest BCUT2D eigenvalue weighted by Gasteiger charge is -2.35. The summed E-state index contributed by atoms with van der Waals surface area (Å²) < 4.78 is 5.68. The number of amides is 1. The number of rotatable bonds is 4. The molecule has 0 unspecified atom stereocenters. The number of hydrogen-bond acceptors (Lipinski definition) is 4. The minimum atomic E-state index is -0.00491. The highest BCUT2D eigenvalue weighted by Crippen LogP contribution is 2.17. The van der Waals surface area contributed by atoms with Crippen LogP contribution in [0.3, 0.4) is 0 Å². The zero-order chi connectivity index (χ0) is 14.5. The molecule has 0 radical (unpaired) electrons. The maximum absolute atomic E-state index is 11.9. The lowest BCUT2D eigenvalue weighted by atomic mass is 10.2. The second-order valence-electron chi connectivity index (χ2n) is 5.40. The molecule has 0 spiro atoms. The van der Waals surface area contributed by atoms with Gasteiger partial charge in [-0.25, -0.2) is 0 Å². The van der Waals surface area contributed by atoms with Gasteiger partial charge in [-0.05, 0) is 26.0 Å². The van der Waals surface area contributed by atoms with Crippen molar-refractivity contribution in [3.63, 3.8) is 0 Å². The number of hydrogen-bond donors (Lipinski definition) is 2. The van der Waals surface area contributed by atoms with Gasteiger partial charge in [0.15, 0.2) is 0 Å². The normalized spacial score (nSPS) is 23.5. The van der Waals surface area contributed by atoms with Crippen LogP contribution < -0.4 is 11.1 Å². The van der Waals surface area contributed by atoms with Crippen LogP contribution in [0.25, 0.3) is 0 Å². The maximum Gasteiger partial charge on any atom is 0.225 e. The molecule has 1 amide bonds. The van der Waals surface area contributed by atoms with Crippen molar-refractivity contribution in [3.8, 4) is 0 Å². The highest BCUT2D eigenvalue weighted by molar-refractivity contribution is 5.93. The average Bonchev–Trinajstić information content (AvgIpc) is 2.38. The first kappa shape index (κ1) is 14.8. The molecule has 0 bridgehead atoms. The van der Waals surface area contributed by atoms with E-state index in [-0.39, 0.29) is 18.1 Å². The molecule has 20 heavy (non-hydrogen) atoms. The van der Waals surface area contributed by atoms with Gasteiger partial charge in [0, 0.05) is 26.1 Å². The molecule has 2 rings (SSSR count). The second kappa shape index (κ2) is 6.72. The number of anilines is 2. The van der Waals surface area contributed by atoms with E-state index in [2.05, 4.69) is 24.1 Å². The van der Waals surface area contributed by atoms with Crippen molar-refractivity contribution < 1.29 is 9.53 Å². The third kappa shape index (κ3) is 4.21. The third-order valence-electron chi connectivity index (χ3n) is 3.39. The lowest BCUT2D eigenvalue weighted by molar-refractivity contribution is -0.117. The summed E-state index contributed by atoms with van der Waals surface area (Å²) in [5.41, 5.74) is 7.08. The number of carbonyl (C=O) groups is 1. The molecule has 5 heteroatoms. The van der Waals surface area contributed by atoms with Gasteiger partial charge in [-0.1, -0.05) is 12.1 Å². The van der Waals surface area contributed by atoms with Crippen molar-refractivity contribution >= 4 is 17.3 Å². The van der Waals surface area contributed by atoms with Crippen LogP contribution in [-0.2, 0) is 9.53 Å². The standard InChI is InChI=1S/C15H23N3O2/c1-11-9-18(10-12(2)20-11)8-7-15(19)17-14-6-4-3-5-13(14)16/h3-6,11-12H,7-10,16H2,1-2H3,(H,17,19)/t11-,12+. The fraction of sp³-hybridized carbons (Fsp3) is 0.533. The zero-order valence-corrected chi connectivity index (χ0v) is 12.1. The van der Waals surface area contributed by atoms with Crippen molar-refractivity contribution in [1.82, 2.24) is 4.90 Å². The van der Waals surface area contributed by atoms with E-state index in [1.807, 2.05) is 18.2 Å². The van der Waals surface area contributed by atoms with E-state index in [0.29, 0.717) is 17.8 Å². The minimum Gasteiger partial charge on any atom is -0.397 e. The Bertz CT molecular complexity index is 454. The van der Waals surface area contributed by atoms with Gasteiger partial charge >= 0.3 is 0 Å². The first-order chi connectivity index (χ1) is 9.54. The summed E-state index contributed by atoms with van der Waals surface area (Å²) in [6.07, 6.45) is 0.923. The van der Waals surface area contributed by atoms with Crippen molar-refractivity contribution in [3.05, 3.63) is 24.3 Å². The van der Waals surface area contributed by atoms with E-state index in [4.69, 9.17) is 10.5 Å². The minimum absolute atomic E-state index is 0.00491. The summed E-state index contributed by atoms with van der Waals surface area (Å²) in [5.74, 6) is -0.00491. The van der Waals surface area contributed by atoms with E-state index < -0.39 is 0 Å². The van der Waals surface area contributed by atoms with E-state index in [1.54, 1.807) is 6.07 Å². The van der Waals surface area contributed by atoms with Gasteiger partial charge in [0.05, 0.1) is 23.6 Å². The van der Waals surface area contributed by atoms with Gasteiger partial charge in [0.1, 0.15) is 0 Å². The summed E-state index contributed by atoms with van der Waals surface area (Å²) in [6, 6.07) is 7.30. The fourth-order valence-electron chi connectivity index (χ4n) is 2.55. The number of nitrogens with zero attached hydrogens (tertiary/aromatic N) is 1. The molecular formula is C15H23N3O2. The number of para-hydroxylation sites is 2. The number of benzene rings is 1. The number of ether oxygens (including phenoxy) is 1. The summed E-state index contributed by atoms with van der Waals surface area (Å²) >= 11 is 0. The second-order valence-corrected chi connectivity index (χ2v) is 5.40. The summed E-state index contributed by atoms with van der Waals surface area (Å²) in [4.78, 5) is 14.2. The van der Waals surface area contributed by atoms with E-state index >= 15 is 0 Å². The smallest absolute Gasteiger partial charge is 0.225 e. The Morgan fingerprint density at radius 2 is 2.00 bits per heavy atom. The Kier molecular flexibility index (Phi) is 4.98. The molecular weight excluding hydrogens is 254 g/mol. The van der Waals surface area contributed by atoms with Crippen LogP contribution in [0.4, 0.5) is 11.4 Å². The molecule has 3 N–H and O–H groups in total. The highest BCUT2D eigenvalue weighted by Gasteiger charge is 2.22. The number of carbonyl (C=O) groups excluding carboxylic acids is 1. The molecule has 5 nitrogen and oxygen atoms in total. The van der Waals surface area contributed by atoms with Crippen LogP contribution in [0, 0.1) is 0 Å². The predicted octanol–water partition coefficient (Wildman–Crippen LogP) is 1.71. The van der Waals surface area contributed by atoms with Gasteiger partial charge in [-0.15, -0.1) is 0 Å². The van der Waals surface area contributed by atoms with Crippen LogP contribution in [0.5, 0.6) is 0 Å². The molecule has 1 fully saturated rings. The first-order valence-corrected chi connectivity index (χ1v) is 7.06. The topological polar surface area (TPSA) is 67.6 Å². The van der Waals surface area contributed by atoms with E-state index in [1.165, 1.54) is 0 Å². The van der Waals surface area contributed by atoms with Crippen molar-refractivity contribution in [2.24, 2.45) is 0 Å². The Hall–Kier alpha value is -1.59. The predicted molar refractivity (Wildman–Crippen MR) is 80.6 cm³/mol. The SMILES string of the molecule is C[C@@H]1CN(CCC(=O)Nc2ccccc2N)C[C@H](C)O1. The molecule has 1 aromatic rings. The molecule has 1 aliphatic heterocycles. The molecule has 2 atom stereocenters. The van der Waals surface area contributed by atoms with Gasteiger partial charge in [-0.3, -0.25) is 9.69 Å². The van der Waals surface area contributed by atoms with Crippen LogP contribution in [-0.4, -0.2) is 42.6 Å². The molecule has 1 aliphatic rings. The third-order valence-corrected chi connectivity index (χ3v) is 3.39. The highest BCUT2D eigenvalue weighted by atomic mass is 16.5. The molecule has 1 aromatic carbocycles. The molecule has 0 aliphatic carbocycles. The van der Waals surface area contributed by atoms with Crippen LogP contribution >= 0.6 is 0 Å². The number of nitrogens with two attached hydrogens (primary N) is 1. The monoisotopic (exact) mass is 277 g/mol. The Labute approximate surface area is 120 Å². The Balaban J connectivity index is 1.79. The van der Waals surface area contributed by atoms with Crippen LogP contribution in [0.2, 0.25) is 0 Å². The van der Waals surface area contributed by atoms with E-state index in [9.17, 15) is 4.79 Å². The van der Waals surface area contributed by atoms with Gasteiger partial charge in [0.2, 0.25) is 5.91 Å². The summed E-state index contributed by atoms with van der Waals surface area (Å²) in [7, 11) is 0. The van der Waals surface area contributed by atoms with Crippen LogP contribution in [0.15, 0.2) is 24.3 Å². The van der Waals surface area contributed by atoms with Crippen LogP contribution in [0.1, 0.15) is 20.3 Å². The maximum atomic E-state index is 11.9. The quantitative estimate of drug-likeness (QED) is 0.822. The van der Waals surface area contributed by atoms with Crippen molar-refractivity contribution in [2.45, 2.75) is 32.5 Å². The average molecular weight is 277 g/mol. The number of morpholine rings is 1. The Morgan fingerprint density at radius 1 is 1.35 bits per heavy atom. The molecule has 1 saturated heterocycles. The van der Waals surface area contributed by atoms with Crippen molar-refractivity contribution in [1.29, 1.82) is 0 Å². The summed E-state index contributed by atoms with van der Waals surface area (Å²) in [5, 5.41) is 2.85.